The molecule has 0 aliphatic heterocycles. The van der Waals surface area contributed by atoms with E-state index < -0.39 is 0 Å². The number of Topliss-reactive ketones (excluding diaryl/α,β-unsaturated/α-hetero) is 1. The second-order valence-corrected chi connectivity index (χ2v) is 7.64. The molecule has 4 nitrogen and oxygen atoms in total. The number of hydrogen-bond acceptors (Lipinski definition) is 3. The van der Waals surface area contributed by atoms with Crippen LogP contribution in [0.5, 0.6) is 11.5 Å². The van der Waals surface area contributed by atoms with E-state index in [-0.39, 0.29) is 24.1 Å². The summed E-state index contributed by atoms with van der Waals surface area (Å²) in [5.41, 5.74) is 3.89. The van der Waals surface area contributed by atoms with Gasteiger partial charge in [0.25, 0.3) is 0 Å². The third-order valence-electron chi connectivity index (χ3n) is 4.87. The smallest absolute Gasteiger partial charge is 0.171 e. The van der Waals surface area contributed by atoms with Crippen LogP contribution in [-0.4, -0.2) is 22.0 Å². The summed E-state index contributed by atoms with van der Waals surface area (Å²) in [5.74, 6) is 6.81. The number of rotatable bonds is 5. The zero-order valence-corrected chi connectivity index (χ0v) is 17.5. The molecule has 4 aromatic rings. The maximum absolute atomic E-state index is 13.3. The molecule has 154 valence electrons. The fourth-order valence-corrected chi connectivity index (χ4v) is 3.46. The molecule has 31 heavy (non-hydrogen) atoms. The van der Waals surface area contributed by atoms with E-state index in [9.17, 15) is 9.90 Å². The monoisotopic (exact) mass is 409 g/mol. The van der Waals surface area contributed by atoms with Crippen LogP contribution in [0.4, 0.5) is 0 Å². The van der Waals surface area contributed by atoms with Gasteiger partial charge in [0, 0.05) is 34.6 Å². The van der Waals surface area contributed by atoms with Crippen LogP contribution in [0.2, 0.25) is 0 Å². The van der Waals surface area contributed by atoms with E-state index in [4.69, 9.17) is 4.74 Å². The number of aromatic nitrogens is 1. The van der Waals surface area contributed by atoms with E-state index >= 15 is 0 Å². The van der Waals surface area contributed by atoms with Gasteiger partial charge in [-0.05, 0) is 61.9 Å². The SMILES string of the molecule is CC(C)Oc1ccc(C#Cc2cccc(O)c2)cc1C(=O)Cc1c[nH]c2ccccc12. The van der Waals surface area contributed by atoms with Crippen molar-refractivity contribution in [3.05, 3.63) is 95.2 Å². The quantitative estimate of drug-likeness (QED) is 0.339. The van der Waals surface area contributed by atoms with Gasteiger partial charge >= 0.3 is 0 Å². The van der Waals surface area contributed by atoms with Crippen LogP contribution in [0.3, 0.4) is 0 Å². The first-order chi connectivity index (χ1) is 15.0. The maximum atomic E-state index is 13.3. The zero-order valence-electron chi connectivity index (χ0n) is 17.5. The topological polar surface area (TPSA) is 62.3 Å². The highest BCUT2D eigenvalue weighted by molar-refractivity contribution is 6.02. The number of benzene rings is 3. The van der Waals surface area contributed by atoms with Gasteiger partial charge < -0.3 is 14.8 Å². The predicted molar refractivity (Wildman–Crippen MR) is 123 cm³/mol. The number of carbonyl (C=O) groups excluding carboxylic acids is 1. The van der Waals surface area contributed by atoms with Crippen LogP contribution >= 0.6 is 0 Å². The highest BCUT2D eigenvalue weighted by Gasteiger charge is 2.17. The summed E-state index contributed by atoms with van der Waals surface area (Å²) in [6, 6.07) is 20.1. The van der Waals surface area contributed by atoms with Crippen molar-refractivity contribution < 1.29 is 14.6 Å². The van der Waals surface area contributed by atoms with Gasteiger partial charge in [-0.1, -0.05) is 36.1 Å². The lowest BCUT2D eigenvalue weighted by Crippen LogP contribution is -2.11. The van der Waals surface area contributed by atoms with Gasteiger partial charge in [0.2, 0.25) is 0 Å². The number of carbonyl (C=O) groups is 1. The lowest BCUT2D eigenvalue weighted by Gasteiger charge is -2.14. The molecule has 0 unspecified atom stereocenters. The Morgan fingerprint density at radius 3 is 2.55 bits per heavy atom. The molecule has 0 spiro atoms. The third kappa shape index (κ3) is 4.79. The van der Waals surface area contributed by atoms with Crippen molar-refractivity contribution in [3.8, 4) is 23.3 Å². The number of phenols is 1. The molecular weight excluding hydrogens is 386 g/mol. The first-order valence-corrected chi connectivity index (χ1v) is 10.2. The Balaban J connectivity index is 1.67. The molecule has 0 aliphatic rings. The van der Waals surface area contributed by atoms with Gasteiger partial charge in [0.1, 0.15) is 11.5 Å². The molecule has 0 saturated heterocycles. The van der Waals surface area contributed by atoms with E-state index in [1.165, 1.54) is 0 Å². The summed E-state index contributed by atoms with van der Waals surface area (Å²) in [6.45, 7) is 3.87. The highest BCUT2D eigenvalue weighted by atomic mass is 16.5. The second kappa shape index (κ2) is 8.81. The van der Waals surface area contributed by atoms with E-state index in [0.29, 0.717) is 22.4 Å². The molecule has 2 N–H and O–H groups in total. The first-order valence-electron chi connectivity index (χ1n) is 10.2. The number of aromatic amines is 1. The van der Waals surface area contributed by atoms with Crippen molar-refractivity contribution in [2.45, 2.75) is 26.4 Å². The average molecular weight is 409 g/mol. The van der Waals surface area contributed by atoms with Crippen molar-refractivity contribution in [1.82, 2.24) is 4.98 Å². The summed E-state index contributed by atoms with van der Waals surface area (Å²) in [5, 5.41) is 10.7. The predicted octanol–water partition coefficient (Wildman–Crippen LogP) is 5.49. The number of aromatic hydroxyl groups is 1. The number of H-pyrrole nitrogens is 1. The third-order valence-corrected chi connectivity index (χ3v) is 4.87. The lowest BCUT2D eigenvalue weighted by molar-refractivity contribution is 0.0987. The van der Waals surface area contributed by atoms with E-state index in [1.807, 2.05) is 56.4 Å². The van der Waals surface area contributed by atoms with Gasteiger partial charge in [-0.15, -0.1) is 0 Å². The van der Waals surface area contributed by atoms with Crippen molar-refractivity contribution >= 4 is 16.7 Å². The molecule has 1 aromatic heterocycles. The Morgan fingerprint density at radius 2 is 1.77 bits per heavy atom. The lowest BCUT2D eigenvalue weighted by atomic mass is 9.99. The summed E-state index contributed by atoms with van der Waals surface area (Å²) >= 11 is 0. The normalized spacial score (nSPS) is 10.7. The fraction of sp³-hybridized carbons (Fsp3) is 0.148. The number of hydrogen-bond donors (Lipinski definition) is 2. The second-order valence-electron chi connectivity index (χ2n) is 7.64. The molecule has 4 heteroatoms. The van der Waals surface area contributed by atoms with Gasteiger partial charge in [-0.3, -0.25) is 4.79 Å². The van der Waals surface area contributed by atoms with E-state index in [1.54, 1.807) is 30.3 Å². The maximum Gasteiger partial charge on any atom is 0.171 e. The van der Waals surface area contributed by atoms with Gasteiger partial charge in [0.15, 0.2) is 5.78 Å². The number of ketones is 1. The van der Waals surface area contributed by atoms with Gasteiger partial charge in [-0.25, -0.2) is 0 Å². The van der Waals surface area contributed by atoms with Crippen molar-refractivity contribution in [3.63, 3.8) is 0 Å². The molecule has 4 rings (SSSR count). The van der Waals surface area contributed by atoms with Crippen LogP contribution in [-0.2, 0) is 6.42 Å². The first kappa shape index (κ1) is 20.3. The van der Waals surface area contributed by atoms with Crippen molar-refractivity contribution in [1.29, 1.82) is 0 Å². The van der Waals surface area contributed by atoms with Gasteiger partial charge in [-0.2, -0.15) is 0 Å². The molecule has 3 aromatic carbocycles. The molecule has 1 heterocycles. The number of para-hydroxylation sites is 1. The molecular formula is C27H23NO3. The van der Waals surface area contributed by atoms with E-state index in [2.05, 4.69) is 16.8 Å². The van der Waals surface area contributed by atoms with Gasteiger partial charge in [0.05, 0.1) is 11.7 Å². The van der Waals surface area contributed by atoms with Crippen molar-refractivity contribution in [2.24, 2.45) is 0 Å². The minimum Gasteiger partial charge on any atom is -0.508 e. The number of fused-ring (bicyclic) bond motifs is 1. The number of ether oxygens (including phenoxy) is 1. The Labute approximate surface area is 181 Å². The van der Waals surface area contributed by atoms with Crippen LogP contribution in [0, 0.1) is 11.8 Å². The standard InChI is InChI=1S/C27H23NO3/c1-18(2)31-27-13-12-20(11-10-19-6-5-7-22(29)14-19)15-24(27)26(30)16-21-17-28-25-9-4-3-8-23(21)25/h3-9,12-15,17-18,28-29H,16H2,1-2H3. The molecule has 0 saturated carbocycles. The molecule has 0 aliphatic carbocycles. The summed E-state index contributed by atoms with van der Waals surface area (Å²) in [7, 11) is 0. The fourth-order valence-electron chi connectivity index (χ4n) is 3.46. The summed E-state index contributed by atoms with van der Waals surface area (Å²) in [4.78, 5) is 16.5. The molecule has 0 fully saturated rings. The van der Waals surface area contributed by atoms with Crippen molar-refractivity contribution in [2.75, 3.05) is 0 Å². The van der Waals surface area contributed by atoms with Crippen LogP contribution in [0.15, 0.2) is 72.9 Å². The minimum atomic E-state index is -0.0520. The zero-order chi connectivity index (χ0) is 21.8. The number of nitrogens with one attached hydrogen (secondary N) is 1. The summed E-state index contributed by atoms with van der Waals surface area (Å²) < 4.78 is 5.90. The summed E-state index contributed by atoms with van der Waals surface area (Å²) in [6.07, 6.45) is 2.10. The number of phenolic OH excluding ortho intramolecular Hbond substituents is 1. The average Bonchev–Trinajstić information content (AvgIpc) is 3.15. The molecule has 0 bridgehead atoms. The van der Waals surface area contributed by atoms with Crippen LogP contribution in [0.25, 0.3) is 10.9 Å². The Bertz CT molecular complexity index is 1300. The Kier molecular flexibility index (Phi) is 5.77. The molecule has 0 atom stereocenters. The van der Waals surface area contributed by atoms with E-state index in [0.717, 1.165) is 16.5 Å². The molecule has 0 radical (unpaired) electrons. The largest absolute Gasteiger partial charge is 0.508 e. The minimum absolute atomic E-state index is 0.0265. The Morgan fingerprint density at radius 1 is 1.00 bits per heavy atom. The molecule has 0 amide bonds. The Hall–Kier alpha value is -3.97. The highest BCUT2D eigenvalue weighted by Crippen LogP contribution is 2.25. The van der Waals surface area contributed by atoms with Crippen LogP contribution < -0.4 is 4.74 Å². The van der Waals surface area contributed by atoms with Crippen LogP contribution in [0.1, 0.15) is 40.9 Å².